The molecule has 0 aliphatic carbocycles. The number of hydrogen-bond donors (Lipinski definition) is 2. The number of rotatable bonds is 6. The van der Waals surface area contributed by atoms with Crippen LogP contribution in [0.2, 0.25) is 5.02 Å². The number of carbonyl (C=O) groups is 1. The van der Waals surface area contributed by atoms with Crippen LogP contribution in [0.25, 0.3) is 0 Å². The predicted molar refractivity (Wildman–Crippen MR) is 86.6 cm³/mol. The third kappa shape index (κ3) is 4.60. The van der Waals surface area contributed by atoms with Gasteiger partial charge in [-0.05, 0) is 43.5 Å². The number of aliphatic hydroxyl groups excluding tert-OH is 1. The van der Waals surface area contributed by atoms with Gasteiger partial charge in [0.1, 0.15) is 5.75 Å². The molecule has 2 rings (SSSR count). The van der Waals surface area contributed by atoms with E-state index in [4.69, 9.17) is 16.3 Å². The van der Waals surface area contributed by atoms with Gasteiger partial charge in [0.15, 0.2) is 0 Å². The SMILES string of the molecule is COc1cc(Cl)ccc1C(=O)NCCN1CCC[C@H](CO)C1. The minimum atomic E-state index is -0.163. The molecule has 1 amide bonds. The van der Waals surface area contributed by atoms with Crippen molar-refractivity contribution in [1.82, 2.24) is 10.2 Å². The van der Waals surface area contributed by atoms with Crippen LogP contribution < -0.4 is 10.1 Å². The number of likely N-dealkylation sites (tertiary alicyclic amines) is 1. The van der Waals surface area contributed by atoms with Gasteiger partial charge in [0.2, 0.25) is 0 Å². The quantitative estimate of drug-likeness (QED) is 0.836. The third-order valence-electron chi connectivity index (χ3n) is 3.98. The molecule has 122 valence electrons. The van der Waals surface area contributed by atoms with E-state index >= 15 is 0 Å². The fourth-order valence-electron chi connectivity index (χ4n) is 2.78. The number of nitrogens with zero attached hydrogens (tertiary/aromatic N) is 1. The average Bonchev–Trinajstić information content (AvgIpc) is 2.54. The van der Waals surface area contributed by atoms with E-state index in [-0.39, 0.29) is 12.5 Å². The molecule has 0 aromatic heterocycles. The van der Waals surface area contributed by atoms with Crippen molar-refractivity contribution in [2.24, 2.45) is 5.92 Å². The summed E-state index contributed by atoms with van der Waals surface area (Å²) < 4.78 is 5.19. The van der Waals surface area contributed by atoms with Crippen LogP contribution in [0.5, 0.6) is 5.75 Å². The maximum Gasteiger partial charge on any atom is 0.255 e. The number of aliphatic hydroxyl groups is 1. The van der Waals surface area contributed by atoms with Crippen molar-refractivity contribution in [3.8, 4) is 5.75 Å². The Labute approximate surface area is 136 Å². The summed E-state index contributed by atoms with van der Waals surface area (Å²) in [4.78, 5) is 14.5. The first kappa shape index (κ1) is 17.1. The lowest BCUT2D eigenvalue weighted by molar-refractivity contribution is 0.0928. The molecule has 6 heteroatoms. The van der Waals surface area contributed by atoms with Crippen LogP contribution in [0, 0.1) is 5.92 Å². The Morgan fingerprint density at radius 1 is 1.55 bits per heavy atom. The predicted octanol–water partition coefficient (Wildman–Crippen LogP) is 1.78. The summed E-state index contributed by atoms with van der Waals surface area (Å²) in [5.41, 5.74) is 0.485. The van der Waals surface area contributed by atoms with Gasteiger partial charge in [-0.25, -0.2) is 0 Å². The van der Waals surface area contributed by atoms with Gasteiger partial charge in [0.05, 0.1) is 12.7 Å². The van der Waals surface area contributed by atoms with Crippen LogP contribution in [0.4, 0.5) is 0 Å². The summed E-state index contributed by atoms with van der Waals surface area (Å²) in [6, 6.07) is 4.97. The lowest BCUT2D eigenvalue weighted by atomic mass is 9.99. The van der Waals surface area contributed by atoms with E-state index in [1.807, 2.05) is 0 Å². The number of piperidine rings is 1. The second-order valence-electron chi connectivity index (χ2n) is 5.59. The highest BCUT2D eigenvalue weighted by atomic mass is 35.5. The molecule has 22 heavy (non-hydrogen) atoms. The molecule has 5 nitrogen and oxygen atoms in total. The minimum Gasteiger partial charge on any atom is -0.496 e. The summed E-state index contributed by atoms with van der Waals surface area (Å²) in [6.45, 7) is 3.53. The van der Waals surface area contributed by atoms with Gasteiger partial charge in [0.25, 0.3) is 5.91 Å². The summed E-state index contributed by atoms with van der Waals surface area (Å²) in [7, 11) is 1.52. The molecule has 1 aliphatic heterocycles. The molecule has 0 bridgehead atoms. The highest BCUT2D eigenvalue weighted by molar-refractivity contribution is 6.30. The molecule has 1 saturated heterocycles. The zero-order valence-corrected chi connectivity index (χ0v) is 13.6. The molecule has 1 aromatic rings. The molecule has 0 saturated carbocycles. The molecule has 0 radical (unpaired) electrons. The van der Waals surface area contributed by atoms with Crippen LogP contribution in [0.1, 0.15) is 23.2 Å². The van der Waals surface area contributed by atoms with Crippen LogP contribution in [0.3, 0.4) is 0 Å². The van der Waals surface area contributed by atoms with Crippen molar-refractivity contribution in [2.75, 3.05) is 39.9 Å². The van der Waals surface area contributed by atoms with Crippen molar-refractivity contribution in [3.63, 3.8) is 0 Å². The molecule has 1 atom stereocenters. The average molecular weight is 327 g/mol. The number of methoxy groups -OCH3 is 1. The normalized spacial score (nSPS) is 19.0. The number of nitrogens with one attached hydrogen (secondary N) is 1. The molecular formula is C16H23ClN2O3. The first-order chi connectivity index (χ1) is 10.6. The molecule has 2 N–H and O–H groups in total. The standard InChI is InChI=1S/C16H23ClN2O3/c1-22-15-9-13(17)4-5-14(15)16(21)18-6-8-19-7-2-3-12(10-19)11-20/h4-5,9,12,20H,2-3,6-8,10-11H2,1H3,(H,18,21)/t12-/m0/s1. The van der Waals surface area contributed by atoms with E-state index in [2.05, 4.69) is 10.2 Å². The molecule has 1 aromatic carbocycles. The summed E-state index contributed by atoms with van der Waals surface area (Å²) >= 11 is 5.89. The monoisotopic (exact) mass is 326 g/mol. The van der Waals surface area contributed by atoms with Gasteiger partial charge in [-0.3, -0.25) is 4.79 Å². The lowest BCUT2D eigenvalue weighted by Crippen LogP contribution is -2.41. The van der Waals surface area contributed by atoms with E-state index < -0.39 is 0 Å². The van der Waals surface area contributed by atoms with Crippen LogP contribution in [-0.4, -0.2) is 55.8 Å². The Morgan fingerprint density at radius 3 is 3.09 bits per heavy atom. The van der Waals surface area contributed by atoms with Crippen molar-refractivity contribution in [1.29, 1.82) is 0 Å². The second kappa shape index (κ2) is 8.36. The Kier molecular flexibility index (Phi) is 6.49. The Balaban J connectivity index is 1.83. The first-order valence-electron chi connectivity index (χ1n) is 7.59. The van der Waals surface area contributed by atoms with Crippen molar-refractivity contribution < 1.29 is 14.6 Å². The Hall–Kier alpha value is -1.30. The highest BCUT2D eigenvalue weighted by Gasteiger charge is 2.19. The molecule has 0 unspecified atom stereocenters. The zero-order valence-electron chi connectivity index (χ0n) is 12.8. The van der Waals surface area contributed by atoms with Gasteiger partial charge in [-0.15, -0.1) is 0 Å². The smallest absolute Gasteiger partial charge is 0.255 e. The van der Waals surface area contributed by atoms with Crippen LogP contribution >= 0.6 is 11.6 Å². The highest BCUT2D eigenvalue weighted by Crippen LogP contribution is 2.23. The van der Waals surface area contributed by atoms with Crippen molar-refractivity contribution in [2.45, 2.75) is 12.8 Å². The largest absolute Gasteiger partial charge is 0.496 e. The summed E-state index contributed by atoms with van der Waals surface area (Å²) in [5.74, 6) is 0.674. The fourth-order valence-corrected chi connectivity index (χ4v) is 2.94. The van der Waals surface area contributed by atoms with Gasteiger partial charge >= 0.3 is 0 Å². The van der Waals surface area contributed by atoms with Crippen LogP contribution in [0.15, 0.2) is 18.2 Å². The third-order valence-corrected chi connectivity index (χ3v) is 4.22. The van der Waals surface area contributed by atoms with E-state index in [0.717, 1.165) is 32.5 Å². The maximum absolute atomic E-state index is 12.2. The Morgan fingerprint density at radius 2 is 2.36 bits per heavy atom. The number of carbonyl (C=O) groups excluding carboxylic acids is 1. The van der Waals surface area contributed by atoms with Crippen molar-refractivity contribution >= 4 is 17.5 Å². The van der Waals surface area contributed by atoms with E-state index in [1.165, 1.54) is 7.11 Å². The van der Waals surface area contributed by atoms with Crippen LogP contribution in [-0.2, 0) is 0 Å². The Bertz CT molecular complexity index is 510. The maximum atomic E-state index is 12.2. The molecule has 0 spiro atoms. The molecule has 1 aliphatic rings. The van der Waals surface area contributed by atoms with Crippen molar-refractivity contribution in [3.05, 3.63) is 28.8 Å². The minimum absolute atomic E-state index is 0.163. The number of benzene rings is 1. The lowest BCUT2D eigenvalue weighted by Gasteiger charge is -2.31. The van der Waals surface area contributed by atoms with Gasteiger partial charge in [-0.2, -0.15) is 0 Å². The number of ether oxygens (including phenoxy) is 1. The van der Waals surface area contributed by atoms with E-state index in [0.29, 0.717) is 28.8 Å². The summed E-state index contributed by atoms with van der Waals surface area (Å²) in [6.07, 6.45) is 2.19. The fraction of sp³-hybridized carbons (Fsp3) is 0.562. The first-order valence-corrected chi connectivity index (χ1v) is 7.96. The van der Waals surface area contributed by atoms with Gasteiger partial charge in [-0.1, -0.05) is 11.6 Å². The molecule has 1 heterocycles. The topological polar surface area (TPSA) is 61.8 Å². The molecule has 1 fully saturated rings. The van der Waals surface area contributed by atoms with Gasteiger partial charge < -0.3 is 20.1 Å². The number of hydrogen-bond acceptors (Lipinski definition) is 4. The van der Waals surface area contributed by atoms with E-state index in [9.17, 15) is 9.90 Å². The second-order valence-corrected chi connectivity index (χ2v) is 6.03. The zero-order chi connectivity index (χ0) is 15.9. The number of halogens is 1. The van der Waals surface area contributed by atoms with E-state index in [1.54, 1.807) is 18.2 Å². The number of amides is 1. The summed E-state index contributed by atoms with van der Waals surface area (Å²) in [5, 5.41) is 12.7. The molecular weight excluding hydrogens is 304 g/mol. The van der Waals surface area contributed by atoms with Gasteiger partial charge in [0, 0.05) is 31.3 Å².